The number of unbranched alkanes of at least 4 members (excludes halogenated alkanes) is 5. The van der Waals surface area contributed by atoms with E-state index in [1.54, 1.807) is 0 Å². The molecule has 1 atom stereocenters. The minimum absolute atomic E-state index is 0.343. The molecule has 0 saturated carbocycles. The first-order valence-corrected chi connectivity index (χ1v) is 7.66. The largest absolute Gasteiger partial charge is 0.481 e. The number of aliphatic carboxylic acids is 1. The zero-order valence-corrected chi connectivity index (χ0v) is 11.9. The molecule has 0 radical (unpaired) electrons. The normalized spacial score (nSPS) is 20.4. The van der Waals surface area contributed by atoms with Gasteiger partial charge in [0.2, 0.25) is 0 Å². The van der Waals surface area contributed by atoms with E-state index in [2.05, 4.69) is 11.8 Å². The van der Waals surface area contributed by atoms with Crippen LogP contribution in [0.15, 0.2) is 0 Å². The Kier molecular flexibility index (Phi) is 8.06. The van der Waals surface area contributed by atoms with Gasteiger partial charge in [-0.1, -0.05) is 39.0 Å². The van der Waals surface area contributed by atoms with E-state index in [1.807, 2.05) is 0 Å². The molecule has 1 rings (SSSR count). The van der Waals surface area contributed by atoms with Crippen molar-refractivity contribution < 1.29 is 9.90 Å². The van der Waals surface area contributed by atoms with Crippen LogP contribution in [0.2, 0.25) is 0 Å². The van der Waals surface area contributed by atoms with Crippen molar-refractivity contribution in [2.75, 3.05) is 19.6 Å². The summed E-state index contributed by atoms with van der Waals surface area (Å²) in [5.74, 6) is -0.0226. The SMILES string of the molecule is CCCCCCCCN1CCC(CCC(=O)O)C1. The van der Waals surface area contributed by atoms with Crippen LogP contribution >= 0.6 is 0 Å². The second kappa shape index (κ2) is 9.37. The molecule has 1 saturated heterocycles. The number of nitrogens with zero attached hydrogens (tertiary/aromatic N) is 1. The van der Waals surface area contributed by atoms with Crippen LogP contribution in [-0.4, -0.2) is 35.6 Å². The quantitative estimate of drug-likeness (QED) is 0.607. The number of carboxylic acids is 1. The van der Waals surface area contributed by atoms with Crippen LogP contribution in [0.4, 0.5) is 0 Å². The molecule has 1 aliphatic rings. The van der Waals surface area contributed by atoms with Gasteiger partial charge in [-0.3, -0.25) is 4.79 Å². The highest BCUT2D eigenvalue weighted by molar-refractivity contribution is 5.66. The van der Waals surface area contributed by atoms with Crippen LogP contribution in [0.25, 0.3) is 0 Å². The van der Waals surface area contributed by atoms with Gasteiger partial charge in [-0.15, -0.1) is 0 Å². The van der Waals surface area contributed by atoms with Gasteiger partial charge < -0.3 is 10.0 Å². The van der Waals surface area contributed by atoms with Crippen LogP contribution in [-0.2, 0) is 4.79 Å². The summed E-state index contributed by atoms with van der Waals surface area (Å²) < 4.78 is 0. The number of hydrogen-bond donors (Lipinski definition) is 1. The maximum atomic E-state index is 10.5. The van der Waals surface area contributed by atoms with E-state index in [0.717, 1.165) is 13.0 Å². The fourth-order valence-electron chi connectivity index (χ4n) is 2.79. The highest BCUT2D eigenvalue weighted by atomic mass is 16.4. The average molecular weight is 255 g/mol. The Bertz CT molecular complexity index is 231. The van der Waals surface area contributed by atoms with E-state index in [1.165, 1.54) is 58.0 Å². The molecule has 0 aliphatic carbocycles. The summed E-state index contributed by atoms with van der Waals surface area (Å²) >= 11 is 0. The Labute approximate surface area is 112 Å². The molecule has 1 heterocycles. The smallest absolute Gasteiger partial charge is 0.303 e. The fraction of sp³-hybridized carbons (Fsp3) is 0.933. The molecule has 3 heteroatoms. The standard InChI is InChI=1S/C15H29NO2/c1-2-3-4-5-6-7-11-16-12-10-14(13-16)8-9-15(17)18/h14H,2-13H2,1H3,(H,17,18). The van der Waals surface area contributed by atoms with Gasteiger partial charge in [0.15, 0.2) is 0 Å². The summed E-state index contributed by atoms with van der Waals surface area (Å²) in [6.45, 7) is 5.78. The second-order valence-electron chi connectivity index (χ2n) is 5.66. The van der Waals surface area contributed by atoms with Gasteiger partial charge in [-0.05, 0) is 38.3 Å². The van der Waals surface area contributed by atoms with Gasteiger partial charge in [-0.2, -0.15) is 0 Å². The monoisotopic (exact) mass is 255 g/mol. The van der Waals surface area contributed by atoms with Crippen LogP contribution < -0.4 is 0 Å². The van der Waals surface area contributed by atoms with Gasteiger partial charge in [0, 0.05) is 13.0 Å². The van der Waals surface area contributed by atoms with Crippen molar-refractivity contribution in [3.63, 3.8) is 0 Å². The highest BCUT2D eigenvalue weighted by Gasteiger charge is 2.22. The number of rotatable bonds is 10. The Morgan fingerprint density at radius 3 is 2.67 bits per heavy atom. The van der Waals surface area contributed by atoms with Crippen LogP contribution in [0.1, 0.15) is 64.7 Å². The fourth-order valence-corrected chi connectivity index (χ4v) is 2.79. The van der Waals surface area contributed by atoms with E-state index in [4.69, 9.17) is 5.11 Å². The first kappa shape index (κ1) is 15.5. The van der Waals surface area contributed by atoms with Gasteiger partial charge in [0.05, 0.1) is 0 Å². The molecule has 1 fully saturated rings. The molecule has 1 unspecified atom stereocenters. The van der Waals surface area contributed by atoms with Crippen LogP contribution in [0, 0.1) is 5.92 Å². The lowest BCUT2D eigenvalue weighted by Crippen LogP contribution is -2.22. The Morgan fingerprint density at radius 2 is 1.94 bits per heavy atom. The molecular formula is C15H29NO2. The van der Waals surface area contributed by atoms with Crippen LogP contribution in [0.3, 0.4) is 0 Å². The van der Waals surface area contributed by atoms with Gasteiger partial charge >= 0.3 is 5.97 Å². The lowest BCUT2D eigenvalue weighted by atomic mass is 10.0. The van der Waals surface area contributed by atoms with Crippen LogP contribution in [0.5, 0.6) is 0 Å². The molecule has 0 bridgehead atoms. The maximum Gasteiger partial charge on any atom is 0.303 e. The van der Waals surface area contributed by atoms with Crippen molar-refractivity contribution in [1.29, 1.82) is 0 Å². The first-order chi connectivity index (χ1) is 8.72. The van der Waals surface area contributed by atoms with Crippen molar-refractivity contribution in [2.24, 2.45) is 5.92 Å². The zero-order valence-electron chi connectivity index (χ0n) is 11.9. The topological polar surface area (TPSA) is 40.5 Å². The summed E-state index contributed by atoms with van der Waals surface area (Å²) in [7, 11) is 0. The third-order valence-corrected chi connectivity index (χ3v) is 3.96. The van der Waals surface area contributed by atoms with E-state index < -0.39 is 5.97 Å². The Balaban J connectivity index is 1.96. The minimum Gasteiger partial charge on any atom is -0.481 e. The molecule has 0 spiro atoms. The van der Waals surface area contributed by atoms with Crippen molar-refractivity contribution in [2.45, 2.75) is 64.7 Å². The lowest BCUT2D eigenvalue weighted by Gasteiger charge is -2.15. The van der Waals surface area contributed by atoms with Crippen molar-refractivity contribution in [3.8, 4) is 0 Å². The number of carbonyl (C=O) groups is 1. The number of likely N-dealkylation sites (tertiary alicyclic amines) is 1. The minimum atomic E-state index is -0.649. The number of carboxylic acid groups (broad SMARTS) is 1. The predicted octanol–water partition coefficient (Wildman–Crippen LogP) is 3.53. The first-order valence-electron chi connectivity index (χ1n) is 7.66. The predicted molar refractivity (Wildman–Crippen MR) is 74.8 cm³/mol. The molecule has 1 N–H and O–H groups in total. The summed E-state index contributed by atoms with van der Waals surface area (Å²) in [5, 5.41) is 8.67. The molecule has 3 nitrogen and oxygen atoms in total. The zero-order chi connectivity index (χ0) is 13.2. The Morgan fingerprint density at radius 1 is 1.22 bits per heavy atom. The molecule has 106 valence electrons. The van der Waals surface area contributed by atoms with E-state index in [-0.39, 0.29) is 0 Å². The molecule has 0 aromatic heterocycles. The lowest BCUT2D eigenvalue weighted by molar-refractivity contribution is -0.137. The van der Waals surface area contributed by atoms with Crippen molar-refractivity contribution in [3.05, 3.63) is 0 Å². The third-order valence-electron chi connectivity index (χ3n) is 3.96. The maximum absolute atomic E-state index is 10.5. The molecule has 0 amide bonds. The average Bonchev–Trinajstić information content (AvgIpc) is 2.79. The van der Waals surface area contributed by atoms with Crippen molar-refractivity contribution >= 4 is 5.97 Å². The third kappa shape index (κ3) is 7.00. The molecule has 1 aliphatic heterocycles. The second-order valence-corrected chi connectivity index (χ2v) is 5.66. The highest BCUT2D eigenvalue weighted by Crippen LogP contribution is 2.21. The van der Waals surface area contributed by atoms with E-state index in [9.17, 15) is 4.79 Å². The van der Waals surface area contributed by atoms with E-state index >= 15 is 0 Å². The van der Waals surface area contributed by atoms with Gasteiger partial charge in [0.1, 0.15) is 0 Å². The van der Waals surface area contributed by atoms with Gasteiger partial charge in [0.25, 0.3) is 0 Å². The summed E-state index contributed by atoms with van der Waals surface area (Å²) in [5.41, 5.74) is 0. The summed E-state index contributed by atoms with van der Waals surface area (Å²) in [4.78, 5) is 13.0. The van der Waals surface area contributed by atoms with Crippen molar-refractivity contribution in [1.82, 2.24) is 4.90 Å². The molecule has 0 aromatic carbocycles. The molecule has 18 heavy (non-hydrogen) atoms. The molecule has 0 aromatic rings. The Hall–Kier alpha value is -0.570. The summed E-state index contributed by atoms with van der Waals surface area (Å²) in [6, 6.07) is 0. The molecular weight excluding hydrogens is 226 g/mol. The van der Waals surface area contributed by atoms with Gasteiger partial charge in [-0.25, -0.2) is 0 Å². The van der Waals surface area contributed by atoms with E-state index in [0.29, 0.717) is 12.3 Å². The summed E-state index contributed by atoms with van der Waals surface area (Å²) in [6.07, 6.45) is 10.5. The number of hydrogen-bond acceptors (Lipinski definition) is 2.